The van der Waals surface area contributed by atoms with E-state index in [1.807, 2.05) is 4.90 Å². The van der Waals surface area contributed by atoms with Crippen molar-refractivity contribution in [2.75, 3.05) is 38.5 Å². The van der Waals surface area contributed by atoms with Gasteiger partial charge < -0.3 is 14.5 Å². The van der Waals surface area contributed by atoms with Gasteiger partial charge in [-0.25, -0.2) is 9.78 Å². The van der Waals surface area contributed by atoms with Crippen LogP contribution in [-0.2, 0) is 14.3 Å². The minimum Gasteiger partial charge on any atom is -0.452 e. The molecule has 0 unspecified atom stereocenters. The van der Waals surface area contributed by atoms with Crippen LogP contribution in [-0.4, -0.2) is 71.1 Å². The normalized spacial score (nSPS) is 21.9. The van der Waals surface area contributed by atoms with Crippen LogP contribution in [0.25, 0.3) is 0 Å². The first kappa shape index (κ1) is 22.6. The monoisotopic (exact) mass is 433 g/mol. The second-order valence-electron chi connectivity index (χ2n) is 8.40. The Bertz CT molecular complexity index is 773. The molecule has 0 spiro atoms. The zero-order valence-corrected chi connectivity index (χ0v) is 18.7. The van der Waals surface area contributed by atoms with Crippen molar-refractivity contribution < 1.29 is 19.1 Å². The van der Waals surface area contributed by atoms with Crippen LogP contribution in [0.3, 0.4) is 0 Å². The third-order valence-electron chi connectivity index (χ3n) is 5.67. The van der Waals surface area contributed by atoms with Gasteiger partial charge in [-0.1, -0.05) is 25.6 Å². The molecule has 2 aliphatic rings. The van der Waals surface area contributed by atoms with Gasteiger partial charge in [0.05, 0.1) is 11.3 Å². The molecular weight excluding hydrogens is 402 g/mol. The Balaban J connectivity index is 1.53. The number of thioether (sulfide) groups is 1. The molecule has 0 aliphatic carbocycles. The van der Waals surface area contributed by atoms with Crippen molar-refractivity contribution in [3.8, 4) is 0 Å². The van der Waals surface area contributed by atoms with E-state index in [4.69, 9.17) is 4.74 Å². The first-order valence-corrected chi connectivity index (χ1v) is 11.7. The minimum atomic E-state index is -0.581. The van der Waals surface area contributed by atoms with Gasteiger partial charge in [0.15, 0.2) is 6.61 Å². The largest absolute Gasteiger partial charge is 0.452 e. The van der Waals surface area contributed by atoms with E-state index in [1.54, 1.807) is 23.2 Å². The molecule has 164 valence electrons. The molecule has 1 aromatic rings. The molecule has 1 aromatic heterocycles. The van der Waals surface area contributed by atoms with Gasteiger partial charge in [-0.15, -0.1) is 0 Å². The highest BCUT2D eigenvalue weighted by atomic mass is 32.2. The predicted octanol–water partition coefficient (Wildman–Crippen LogP) is 2.85. The summed E-state index contributed by atoms with van der Waals surface area (Å²) in [6.45, 7) is 7.01. The molecular formula is C22H31N3O4S. The lowest BCUT2D eigenvalue weighted by molar-refractivity contribution is -0.136. The summed E-state index contributed by atoms with van der Waals surface area (Å²) in [5.41, 5.74) is 0.294. The van der Waals surface area contributed by atoms with Crippen LogP contribution in [0.15, 0.2) is 23.4 Å². The van der Waals surface area contributed by atoms with Crippen molar-refractivity contribution in [1.29, 1.82) is 0 Å². The topological polar surface area (TPSA) is 79.8 Å². The van der Waals surface area contributed by atoms with E-state index in [1.165, 1.54) is 11.8 Å². The molecule has 2 atom stereocenters. The van der Waals surface area contributed by atoms with Crippen molar-refractivity contribution in [1.82, 2.24) is 14.8 Å². The number of carbonyl (C=O) groups is 3. The predicted molar refractivity (Wildman–Crippen MR) is 115 cm³/mol. The maximum absolute atomic E-state index is 12.6. The van der Waals surface area contributed by atoms with E-state index < -0.39 is 5.97 Å². The zero-order chi connectivity index (χ0) is 21.5. The van der Waals surface area contributed by atoms with Gasteiger partial charge in [-0.2, -0.15) is 0 Å². The van der Waals surface area contributed by atoms with E-state index >= 15 is 0 Å². The maximum Gasteiger partial charge on any atom is 0.341 e. The summed E-state index contributed by atoms with van der Waals surface area (Å²) in [6.07, 6.45) is 5.88. The average Bonchev–Trinajstić information content (AvgIpc) is 2.75. The van der Waals surface area contributed by atoms with E-state index in [-0.39, 0.29) is 24.2 Å². The van der Waals surface area contributed by atoms with Gasteiger partial charge >= 0.3 is 5.97 Å². The number of likely N-dealkylation sites (tertiary alicyclic amines) is 2. The van der Waals surface area contributed by atoms with Gasteiger partial charge in [-0.3, -0.25) is 9.59 Å². The Hall–Kier alpha value is -2.09. The molecule has 7 nitrogen and oxygen atoms in total. The summed E-state index contributed by atoms with van der Waals surface area (Å²) in [5, 5.41) is 0.458. The highest BCUT2D eigenvalue weighted by Crippen LogP contribution is 2.23. The lowest BCUT2D eigenvalue weighted by Crippen LogP contribution is -2.41. The number of amides is 2. The number of hydrogen-bond acceptors (Lipinski definition) is 6. The number of nitrogens with zero attached hydrogens (tertiary/aromatic N) is 3. The number of hydrogen-bond donors (Lipinski definition) is 0. The third kappa shape index (κ3) is 6.20. The van der Waals surface area contributed by atoms with Crippen LogP contribution in [0.4, 0.5) is 0 Å². The van der Waals surface area contributed by atoms with Gasteiger partial charge in [0.1, 0.15) is 5.03 Å². The summed E-state index contributed by atoms with van der Waals surface area (Å²) < 4.78 is 5.28. The Labute approximate surface area is 182 Å². The van der Waals surface area contributed by atoms with Crippen molar-refractivity contribution >= 4 is 29.5 Å². The number of rotatable bonds is 6. The lowest BCUT2D eigenvalue weighted by Gasteiger charge is -2.31. The van der Waals surface area contributed by atoms with E-state index in [0.717, 1.165) is 38.8 Å². The van der Waals surface area contributed by atoms with Crippen LogP contribution in [0.5, 0.6) is 0 Å². The molecule has 0 aromatic carbocycles. The lowest BCUT2D eigenvalue weighted by atomic mass is 10.0. The Morgan fingerprint density at radius 1 is 1.07 bits per heavy atom. The fourth-order valence-corrected chi connectivity index (χ4v) is 4.90. The highest BCUT2D eigenvalue weighted by molar-refractivity contribution is 8.00. The first-order valence-electron chi connectivity index (χ1n) is 10.7. The van der Waals surface area contributed by atoms with Crippen LogP contribution < -0.4 is 0 Å². The fourth-order valence-electron chi connectivity index (χ4n) is 4.01. The minimum absolute atomic E-state index is 0.0610. The number of aromatic nitrogens is 1. The zero-order valence-electron chi connectivity index (χ0n) is 17.8. The van der Waals surface area contributed by atoms with Crippen molar-refractivity contribution in [3.63, 3.8) is 0 Å². The van der Waals surface area contributed by atoms with Gasteiger partial charge in [0, 0.05) is 32.4 Å². The third-order valence-corrected chi connectivity index (χ3v) is 6.66. The molecule has 30 heavy (non-hydrogen) atoms. The van der Waals surface area contributed by atoms with Gasteiger partial charge in [0.25, 0.3) is 5.91 Å². The Morgan fingerprint density at radius 2 is 1.70 bits per heavy atom. The molecule has 0 N–H and O–H groups in total. The molecule has 8 heteroatoms. The molecule has 2 amide bonds. The first-order chi connectivity index (χ1) is 14.4. The van der Waals surface area contributed by atoms with Crippen LogP contribution in [0.1, 0.15) is 49.9 Å². The summed E-state index contributed by atoms with van der Waals surface area (Å²) in [6, 6.07) is 3.28. The number of piperidine rings is 2. The highest BCUT2D eigenvalue weighted by Gasteiger charge is 2.24. The molecule has 0 radical (unpaired) electrons. The van der Waals surface area contributed by atoms with Gasteiger partial charge in [0.2, 0.25) is 5.91 Å². The smallest absolute Gasteiger partial charge is 0.341 e. The van der Waals surface area contributed by atoms with E-state index in [2.05, 4.69) is 18.8 Å². The molecule has 2 saturated heterocycles. The Morgan fingerprint density at radius 3 is 2.33 bits per heavy atom. The number of pyridine rings is 1. The summed E-state index contributed by atoms with van der Waals surface area (Å²) >= 11 is 1.24. The van der Waals surface area contributed by atoms with Crippen molar-refractivity contribution in [2.24, 2.45) is 11.8 Å². The Kier molecular flexibility index (Phi) is 8.13. The standard InChI is InChI=1S/C22H31N3O4S/c1-16-6-4-10-24(12-16)19(26)14-29-22(28)18-8-3-9-23-21(18)30-15-20(27)25-11-5-7-17(2)13-25/h3,8-9,16-17H,4-7,10-15H2,1-2H3/t16-,17+/m1/s1. The van der Waals surface area contributed by atoms with Crippen molar-refractivity contribution in [3.05, 3.63) is 23.9 Å². The van der Waals surface area contributed by atoms with E-state index in [9.17, 15) is 14.4 Å². The quantitative estimate of drug-likeness (QED) is 0.507. The number of ether oxygens (including phenoxy) is 1. The van der Waals surface area contributed by atoms with Crippen molar-refractivity contribution in [2.45, 2.75) is 44.6 Å². The average molecular weight is 434 g/mol. The van der Waals surface area contributed by atoms with Crippen LogP contribution >= 0.6 is 11.8 Å². The molecule has 3 rings (SSSR count). The molecule has 0 bridgehead atoms. The second-order valence-corrected chi connectivity index (χ2v) is 9.36. The fraction of sp³-hybridized carbons (Fsp3) is 0.636. The molecule has 2 fully saturated rings. The van der Waals surface area contributed by atoms with Gasteiger partial charge in [-0.05, 0) is 49.7 Å². The molecule has 0 saturated carbocycles. The van der Waals surface area contributed by atoms with Crippen LogP contribution in [0, 0.1) is 11.8 Å². The van der Waals surface area contributed by atoms with E-state index in [0.29, 0.717) is 35.5 Å². The molecule has 3 heterocycles. The summed E-state index contributed by atoms with van der Waals surface area (Å²) in [5.74, 6) is 0.541. The number of esters is 1. The maximum atomic E-state index is 12.6. The van der Waals surface area contributed by atoms with Crippen LogP contribution in [0.2, 0.25) is 0 Å². The summed E-state index contributed by atoms with van der Waals surface area (Å²) in [4.78, 5) is 45.4. The second kappa shape index (κ2) is 10.8. The SMILES string of the molecule is C[C@@H]1CCCN(C(=O)COC(=O)c2cccnc2SCC(=O)N2CCC[C@H](C)C2)C1. The summed E-state index contributed by atoms with van der Waals surface area (Å²) in [7, 11) is 0. The number of carbonyl (C=O) groups excluding carboxylic acids is 3. The molecule has 2 aliphatic heterocycles.